The van der Waals surface area contributed by atoms with Gasteiger partial charge >= 0.3 is 6.09 Å². The van der Waals surface area contributed by atoms with Gasteiger partial charge in [-0.25, -0.2) is 4.79 Å². The van der Waals surface area contributed by atoms with Crippen molar-refractivity contribution in [3.63, 3.8) is 0 Å². The summed E-state index contributed by atoms with van der Waals surface area (Å²) in [6.45, 7) is 0. The number of aromatic nitrogens is 2. The van der Waals surface area contributed by atoms with E-state index in [0.29, 0.717) is 0 Å². The van der Waals surface area contributed by atoms with Crippen LogP contribution in [0.1, 0.15) is 0 Å². The Labute approximate surface area is 67.0 Å². The number of hydrogen-bond donors (Lipinski definition) is 2. The fourth-order valence-electron chi connectivity index (χ4n) is 0.492. The first-order chi connectivity index (χ1) is 5.18. The summed E-state index contributed by atoms with van der Waals surface area (Å²) in [5.41, 5.74) is 0. The predicted octanol–water partition coefficient (Wildman–Crippen LogP) is 1.22. The Morgan fingerprint density at radius 1 is 1.55 bits per heavy atom. The molecule has 1 amide bonds. The summed E-state index contributed by atoms with van der Waals surface area (Å²) in [6.07, 6.45) is -1.18. The molecule has 0 atom stereocenters. The number of halogens is 1. The van der Waals surface area contributed by atoms with Gasteiger partial charge in [0.25, 0.3) is 0 Å². The van der Waals surface area contributed by atoms with Crippen LogP contribution in [0.3, 0.4) is 0 Å². The number of nitrogens with one attached hydrogen (secondary N) is 1. The van der Waals surface area contributed by atoms with Crippen LogP contribution in [-0.2, 0) is 0 Å². The molecule has 0 fully saturated rings. The number of hydrogen-bond acceptors (Lipinski definition) is 3. The minimum absolute atomic E-state index is 0.155. The van der Waals surface area contributed by atoms with Crippen LogP contribution in [0.5, 0.6) is 0 Å². The molecule has 11 heavy (non-hydrogen) atoms. The summed E-state index contributed by atoms with van der Waals surface area (Å²) in [7, 11) is 0. The Morgan fingerprint density at radius 2 is 2.27 bits per heavy atom. The average molecular weight is 174 g/mol. The first-order valence-corrected chi connectivity index (χ1v) is 3.05. The highest BCUT2D eigenvalue weighted by atomic mass is 35.5. The van der Waals surface area contributed by atoms with E-state index in [1.807, 2.05) is 5.32 Å². The maximum Gasteiger partial charge on any atom is 0.410 e. The normalized spacial score (nSPS) is 9.18. The van der Waals surface area contributed by atoms with Crippen LogP contribution in [-0.4, -0.2) is 21.4 Å². The molecule has 0 saturated heterocycles. The quantitative estimate of drug-likeness (QED) is 0.670. The molecule has 1 rings (SSSR count). The second-order valence-electron chi connectivity index (χ2n) is 1.67. The standard InChI is InChI=1S/C5H4ClN3O2/c6-3-1-2-4(9-8-3)7-5(10)11/h1-2H,(H,7,9)(H,10,11). The van der Waals surface area contributed by atoms with Crippen LogP contribution in [0, 0.1) is 0 Å². The summed E-state index contributed by atoms with van der Waals surface area (Å²) in [4.78, 5) is 10.0. The molecule has 5 nitrogen and oxygen atoms in total. The number of carboxylic acid groups (broad SMARTS) is 1. The Bertz CT molecular complexity index is 261. The van der Waals surface area contributed by atoms with Crippen LogP contribution >= 0.6 is 11.6 Å². The van der Waals surface area contributed by atoms with Gasteiger partial charge in [-0.05, 0) is 12.1 Å². The maximum absolute atomic E-state index is 10.0. The van der Waals surface area contributed by atoms with Crippen LogP contribution < -0.4 is 5.32 Å². The SMILES string of the molecule is O=C(O)Nc1ccc(Cl)nn1. The second kappa shape index (κ2) is 3.16. The van der Waals surface area contributed by atoms with Crippen LogP contribution in [0.25, 0.3) is 0 Å². The molecule has 0 saturated carbocycles. The van der Waals surface area contributed by atoms with Gasteiger partial charge in [-0.2, -0.15) is 0 Å². The maximum atomic E-state index is 10.0. The highest BCUT2D eigenvalue weighted by Crippen LogP contribution is 2.05. The number of anilines is 1. The van der Waals surface area contributed by atoms with Crippen molar-refractivity contribution in [3.05, 3.63) is 17.3 Å². The van der Waals surface area contributed by atoms with Gasteiger partial charge in [0, 0.05) is 0 Å². The molecule has 0 aliphatic carbocycles. The lowest BCUT2D eigenvalue weighted by Gasteiger charge is -1.95. The zero-order chi connectivity index (χ0) is 8.27. The Balaban J connectivity index is 2.74. The van der Waals surface area contributed by atoms with E-state index in [1.54, 1.807) is 0 Å². The summed E-state index contributed by atoms with van der Waals surface area (Å²) >= 11 is 5.40. The molecular weight excluding hydrogens is 170 g/mol. The second-order valence-corrected chi connectivity index (χ2v) is 2.06. The lowest BCUT2D eigenvalue weighted by molar-refractivity contribution is 0.209. The Hall–Kier alpha value is -1.36. The molecule has 0 spiro atoms. The molecule has 0 unspecified atom stereocenters. The fraction of sp³-hybridized carbons (Fsp3) is 0. The summed E-state index contributed by atoms with van der Waals surface area (Å²) in [6, 6.07) is 2.86. The minimum Gasteiger partial charge on any atom is -0.465 e. The number of nitrogens with zero attached hydrogens (tertiary/aromatic N) is 2. The molecule has 0 aromatic carbocycles. The van der Waals surface area contributed by atoms with Crippen molar-refractivity contribution in [1.29, 1.82) is 0 Å². The fourth-order valence-corrected chi connectivity index (χ4v) is 0.593. The molecular formula is C5H4ClN3O2. The van der Waals surface area contributed by atoms with Crippen molar-refractivity contribution in [1.82, 2.24) is 10.2 Å². The predicted molar refractivity (Wildman–Crippen MR) is 38.7 cm³/mol. The molecule has 1 heterocycles. The van der Waals surface area contributed by atoms with Gasteiger partial charge in [-0.15, -0.1) is 10.2 Å². The highest BCUT2D eigenvalue weighted by Gasteiger charge is 1.98. The lowest BCUT2D eigenvalue weighted by atomic mass is 10.5. The van der Waals surface area contributed by atoms with E-state index < -0.39 is 6.09 Å². The first-order valence-electron chi connectivity index (χ1n) is 2.67. The van der Waals surface area contributed by atoms with Gasteiger partial charge in [-0.3, -0.25) is 5.32 Å². The Kier molecular flexibility index (Phi) is 2.22. The molecule has 0 aliphatic heterocycles. The minimum atomic E-state index is -1.18. The molecule has 0 aliphatic rings. The van der Waals surface area contributed by atoms with E-state index in [4.69, 9.17) is 16.7 Å². The largest absolute Gasteiger partial charge is 0.465 e. The van der Waals surface area contributed by atoms with Crippen molar-refractivity contribution in [2.24, 2.45) is 0 Å². The van der Waals surface area contributed by atoms with Crippen LogP contribution in [0.4, 0.5) is 10.6 Å². The zero-order valence-corrected chi connectivity index (χ0v) is 6.04. The average Bonchev–Trinajstić information content (AvgIpc) is 1.93. The summed E-state index contributed by atoms with van der Waals surface area (Å²) in [5.74, 6) is 0.155. The van der Waals surface area contributed by atoms with E-state index in [9.17, 15) is 4.79 Å². The van der Waals surface area contributed by atoms with Gasteiger partial charge in [-0.1, -0.05) is 11.6 Å². The first kappa shape index (κ1) is 7.74. The monoisotopic (exact) mass is 173 g/mol. The molecule has 58 valence electrons. The highest BCUT2D eigenvalue weighted by molar-refractivity contribution is 6.29. The third-order valence-corrected chi connectivity index (χ3v) is 1.07. The van der Waals surface area contributed by atoms with Gasteiger partial charge in [0.05, 0.1) is 0 Å². The van der Waals surface area contributed by atoms with Crippen LogP contribution in [0.15, 0.2) is 12.1 Å². The molecule has 1 aromatic rings. The van der Waals surface area contributed by atoms with E-state index in [0.717, 1.165) is 0 Å². The number of rotatable bonds is 1. The van der Waals surface area contributed by atoms with Gasteiger partial charge in [0.2, 0.25) is 0 Å². The topological polar surface area (TPSA) is 75.1 Å². The van der Waals surface area contributed by atoms with Crippen LogP contribution in [0.2, 0.25) is 5.15 Å². The van der Waals surface area contributed by atoms with Crippen molar-refractivity contribution >= 4 is 23.5 Å². The zero-order valence-electron chi connectivity index (χ0n) is 5.28. The van der Waals surface area contributed by atoms with Crippen molar-refractivity contribution < 1.29 is 9.90 Å². The van der Waals surface area contributed by atoms with E-state index in [2.05, 4.69) is 10.2 Å². The van der Waals surface area contributed by atoms with Crippen molar-refractivity contribution in [2.45, 2.75) is 0 Å². The smallest absolute Gasteiger partial charge is 0.410 e. The molecule has 1 aromatic heterocycles. The number of amides is 1. The third kappa shape index (κ3) is 2.38. The molecule has 2 N–H and O–H groups in total. The third-order valence-electron chi connectivity index (χ3n) is 0.867. The van der Waals surface area contributed by atoms with Crippen molar-refractivity contribution in [3.8, 4) is 0 Å². The summed E-state index contributed by atoms with van der Waals surface area (Å²) in [5, 5.41) is 17.3. The van der Waals surface area contributed by atoms with Crippen molar-refractivity contribution in [2.75, 3.05) is 5.32 Å². The molecule has 0 bridgehead atoms. The lowest BCUT2D eigenvalue weighted by Crippen LogP contribution is -2.08. The van der Waals surface area contributed by atoms with E-state index >= 15 is 0 Å². The Morgan fingerprint density at radius 3 is 2.73 bits per heavy atom. The van der Waals surface area contributed by atoms with E-state index in [1.165, 1.54) is 12.1 Å². The number of carbonyl (C=O) groups is 1. The van der Waals surface area contributed by atoms with Gasteiger partial charge < -0.3 is 5.11 Å². The molecule has 6 heteroatoms. The summed E-state index contributed by atoms with van der Waals surface area (Å²) < 4.78 is 0. The molecule has 0 radical (unpaired) electrons. The van der Waals surface area contributed by atoms with E-state index in [-0.39, 0.29) is 11.0 Å². The van der Waals surface area contributed by atoms with Gasteiger partial charge in [0.1, 0.15) is 0 Å². The van der Waals surface area contributed by atoms with Gasteiger partial charge in [0.15, 0.2) is 11.0 Å².